The standard InChI is InChI=1S/C24H28FN3O3S/c1-15(2)21(27-22(29)17-4-7-19(25)8-5-17)23(30)26-20-9-6-18(14-16(20)3)24(31)28-10-12-32-13-11-28/h4-9,14-15,21H,10-13H2,1-3H3,(H,26,30)(H,27,29). The Morgan fingerprint density at radius 2 is 1.62 bits per heavy atom. The molecular formula is C24H28FN3O3S. The normalized spacial score (nSPS) is 14.7. The first-order valence-electron chi connectivity index (χ1n) is 10.6. The number of carbonyl (C=O) groups is 3. The van der Waals surface area contributed by atoms with Crippen LogP contribution in [0.3, 0.4) is 0 Å². The van der Waals surface area contributed by atoms with Crippen LogP contribution in [0.25, 0.3) is 0 Å². The van der Waals surface area contributed by atoms with Gasteiger partial charge >= 0.3 is 0 Å². The summed E-state index contributed by atoms with van der Waals surface area (Å²) < 4.78 is 13.1. The van der Waals surface area contributed by atoms with Crippen LogP contribution in [0.4, 0.5) is 10.1 Å². The maximum Gasteiger partial charge on any atom is 0.253 e. The zero-order valence-electron chi connectivity index (χ0n) is 18.5. The maximum atomic E-state index is 13.1. The zero-order chi connectivity index (χ0) is 23.3. The van der Waals surface area contributed by atoms with Crippen LogP contribution in [-0.4, -0.2) is 53.3 Å². The summed E-state index contributed by atoms with van der Waals surface area (Å²) in [6, 6.07) is 9.59. The monoisotopic (exact) mass is 457 g/mol. The summed E-state index contributed by atoms with van der Waals surface area (Å²) in [6.07, 6.45) is 0. The molecule has 8 heteroatoms. The lowest BCUT2D eigenvalue weighted by Gasteiger charge is -2.27. The molecule has 1 aliphatic heterocycles. The number of benzene rings is 2. The van der Waals surface area contributed by atoms with Gasteiger partial charge in [-0.1, -0.05) is 13.8 Å². The average molecular weight is 458 g/mol. The van der Waals surface area contributed by atoms with Gasteiger partial charge in [0, 0.05) is 41.4 Å². The second-order valence-electron chi connectivity index (χ2n) is 8.13. The number of amides is 3. The molecule has 0 spiro atoms. The summed E-state index contributed by atoms with van der Waals surface area (Å²) in [5, 5.41) is 5.59. The van der Waals surface area contributed by atoms with Gasteiger partial charge in [0.05, 0.1) is 0 Å². The number of nitrogens with zero attached hydrogens (tertiary/aromatic N) is 1. The van der Waals surface area contributed by atoms with Gasteiger partial charge in [-0.3, -0.25) is 14.4 Å². The van der Waals surface area contributed by atoms with E-state index in [2.05, 4.69) is 10.6 Å². The van der Waals surface area contributed by atoms with Crippen LogP contribution < -0.4 is 10.6 Å². The topological polar surface area (TPSA) is 78.5 Å². The van der Waals surface area contributed by atoms with Gasteiger partial charge in [0.15, 0.2) is 0 Å². The largest absolute Gasteiger partial charge is 0.340 e. The highest BCUT2D eigenvalue weighted by Crippen LogP contribution is 2.20. The molecule has 0 saturated carbocycles. The Kier molecular flexibility index (Phi) is 7.90. The number of hydrogen-bond donors (Lipinski definition) is 2. The lowest BCUT2D eigenvalue weighted by molar-refractivity contribution is -0.118. The molecule has 1 atom stereocenters. The minimum absolute atomic E-state index is 0.00195. The Labute approximate surface area is 191 Å². The van der Waals surface area contributed by atoms with Gasteiger partial charge < -0.3 is 15.5 Å². The predicted octanol–water partition coefficient (Wildman–Crippen LogP) is 3.72. The zero-order valence-corrected chi connectivity index (χ0v) is 19.3. The van der Waals surface area contributed by atoms with Gasteiger partial charge in [-0.2, -0.15) is 11.8 Å². The first kappa shape index (κ1) is 23.8. The van der Waals surface area contributed by atoms with E-state index in [1.807, 2.05) is 37.4 Å². The fraction of sp³-hybridized carbons (Fsp3) is 0.375. The van der Waals surface area contributed by atoms with Crippen LogP contribution in [-0.2, 0) is 4.79 Å². The molecule has 1 saturated heterocycles. The number of carbonyl (C=O) groups excluding carboxylic acids is 3. The number of hydrogen-bond acceptors (Lipinski definition) is 4. The molecule has 2 aromatic rings. The van der Waals surface area contributed by atoms with Crippen LogP contribution in [0, 0.1) is 18.7 Å². The summed E-state index contributed by atoms with van der Waals surface area (Å²) in [6.45, 7) is 6.98. The van der Waals surface area contributed by atoms with E-state index < -0.39 is 17.8 Å². The second-order valence-corrected chi connectivity index (χ2v) is 9.35. The molecule has 170 valence electrons. The van der Waals surface area contributed by atoms with Crippen LogP contribution in [0.5, 0.6) is 0 Å². The molecule has 2 aromatic carbocycles. The number of nitrogens with one attached hydrogen (secondary N) is 2. The number of anilines is 1. The van der Waals surface area contributed by atoms with E-state index in [9.17, 15) is 18.8 Å². The third-order valence-corrected chi connectivity index (χ3v) is 6.31. The third kappa shape index (κ3) is 5.88. The predicted molar refractivity (Wildman–Crippen MR) is 126 cm³/mol. The number of halogens is 1. The molecule has 1 fully saturated rings. The fourth-order valence-corrected chi connectivity index (χ4v) is 4.36. The Morgan fingerprint density at radius 3 is 2.22 bits per heavy atom. The molecular weight excluding hydrogens is 429 g/mol. The minimum Gasteiger partial charge on any atom is -0.340 e. The van der Waals surface area contributed by atoms with Crippen molar-refractivity contribution in [1.82, 2.24) is 10.2 Å². The molecule has 0 aromatic heterocycles. The molecule has 32 heavy (non-hydrogen) atoms. The molecule has 0 bridgehead atoms. The van der Waals surface area contributed by atoms with Gasteiger partial charge in [0.2, 0.25) is 5.91 Å². The molecule has 0 aliphatic carbocycles. The fourth-order valence-electron chi connectivity index (χ4n) is 3.46. The van der Waals surface area contributed by atoms with Crippen molar-refractivity contribution < 1.29 is 18.8 Å². The van der Waals surface area contributed by atoms with E-state index >= 15 is 0 Å². The molecule has 3 rings (SSSR count). The second kappa shape index (κ2) is 10.6. The Hall–Kier alpha value is -2.87. The van der Waals surface area contributed by atoms with E-state index in [1.165, 1.54) is 24.3 Å². The molecule has 2 N–H and O–H groups in total. The lowest BCUT2D eigenvalue weighted by Crippen LogP contribution is -2.47. The lowest BCUT2D eigenvalue weighted by atomic mass is 10.0. The Morgan fingerprint density at radius 1 is 1.00 bits per heavy atom. The van der Waals surface area contributed by atoms with Crippen LogP contribution in [0.2, 0.25) is 0 Å². The van der Waals surface area contributed by atoms with Crippen LogP contribution in [0.1, 0.15) is 40.1 Å². The Bertz CT molecular complexity index is 988. The van der Waals surface area contributed by atoms with E-state index in [0.29, 0.717) is 11.3 Å². The van der Waals surface area contributed by atoms with E-state index in [1.54, 1.807) is 18.2 Å². The van der Waals surface area contributed by atoms with E-state index in [0.717, 1.165) is 30.2 Å². The molecule has 1 heterocycles. The highest BCUT2D eigenvalue weighted by molar-refractivity contribution is 7.99. The van der Waals surface area contributed by atoms with Crippen LogP contribution in [0.15, 0.2) is 42.5 Å². The number of rotatable bonds is 6. The summed E-state index contributed by atoms with van der Waals surface area (Å²) in [7, 11) is 0. The van der Waals surface area contributed by atoms with Crippen molar-refractivity contribution in [2.45, 2.75) is 26.8 Å². The van der Waals surface area contributed by atoms with Crippen molar-refractivity contribution in [3.8, 4) is 0 Å². The van der Waals surface area contributed by atoms with Gasteiger partial charge in [-0.05, 0) is 60.9 Å². The quantitative estimate of drug-likeness (QED) is 0.693. The highest BCUT2D eigenvalue weighted by Gasteiger charge is 2.26. The van der Waals surface area contributed by atoms with Gasteiger partial charge in [0.1, 0.15) is 11.9 Å². The molecule has 6 nitrogen and oxygen atoms in total. The summed E-state index contributed by atoms with van der Waals surface area (Å²) in [4.78, 5) is 40.0. The summed E-state index contributed by atoms with van der Waals surface area (Å²) in [5.41, 5.74) is 2.22. The third-order valence-electron chi connectivity index (χ3n) is 5.37. The molecule has 1 aliphatic rings. The maximum absolute atomic E-state index is 13.1. The SMILES string of the molecule is Cc1cc(C(=O)N2CCSCC2)ccc1NC(=O)C(NC(=O)c1ccc(F)cc1)C(C)C. The van der Waals surface area contributed by atoms with E-state index in [4.69, 9.17) is 0 Å². The van der Waals surface area contributed by atoms with Crippen molar-refractivity contribution in [1.29, 1.82) is 0 Å². The van der Waals surface area contributed by atoms with Gasteiger partial charge in [-0.15, -0.1) is 0 Å². The van der Waals surface area contributed by atoms with Crippen molar-refractivity contribution in [2.24, 2.45) is 5.92 Å². The van der Waals surface area contributed by atoms with Crippen molar-refractivity contribution >= 4 is 35.2 Å². The van der Waals surface area contributed by atoms with Crippen molar-refractivity contribution in [3.05, 3.63) is 65.0 Å². The van der Waals surface area contributed by atoms with E-state index in [-0.39, 0.29) is 23.3 Å². The highest BCUT2D eigenvalue weighted by atomic mass is 32.2. The van der Waals surface area contributed by atoms with Gasteiger partial charge in [0.25, 0.3) is 11.8 Å². The first-order valence-corrected chi connectivity index (χ1v) is 11.8. The molecule has 1 unspecified atom stereocenters. The first-order chi connectivity index (χ1) is 15.3. The summed E-state index contributed by atoms with van der Waals surface area (Å²) in [5.74, 6) is 0.478. The molecule has 0 radical (unpaired) electrons. The van der Waals surface area contributed by atoms with Crippen LogP contribution >= 0.6 is 11.8 Å². The van der Waals surface area contributed by atoms with Gasteiger partial charge in [-0.25, -0.2) is 4.39 Å². The Balaban J connectivity index is 1.68. The minimum atomic E-state index is -0.779. The van der Waals surface area contributed by atoms with Crippen molar-refractivity contribution in [3.63, 3.8) is 0 Å². The number of thioether (sulfide) groups is 1. The average Bonchev–Trinajstić information content (AvgIpc) is 2.78. The smallest absolute Gasteiger partial charge is 0.253 e. The van der Waals surface area contributed by atoms with Crippen molar-refractivity contribution in [2.75, 3.05) is 29.9 Å². The molecule has 3 amide bonds. The summed E-state index contributed by atoms with van der Waals surface area (Å²) >= 11 is 1.84. The number of aryl methyl sites for hydroxylation is 1.